The number of hydrogen-bond donors (Lipinski definition) is 4. The van der Waals surface area contributed by atoms with Crippen molar-refractivity contribution in [3.05, 3.63) is 64.7 Å². The molecule has 9 heteroatoms. The van der Waals surface area contributed by atoms with Gasteiger partial charge in [-0.05, 0) is 29.7 Å². The third-order valence-corrected chi connectivity index (χ3v) is 6.28. The number of nitrogens with one attached hydrogen (secondary N) is 2. The summed E-state index contributed by atoms with van der Waals surface area (Å²) in [6.07, 6.45) is 1.23. The van der Waals surface area contributed by atoms with Gasteiger partial charge in [0.1, 0.15) is 6.04 Å². The number of H-pyrrole nitrogens is 1. The van der Waals surface area contributed by atoms with Crippen LogP contribution in [-0.4, -0.2) is 49.1 Å². The van der Waals surface area contributed by atoms with Gasteiger partial charge in [0.2, 0.25) is 0 Å². The summed E-state index contributed by atoms with van der Waals surface area (Å²) in [7, 11) is -2.86. The molecule has 2 aromatic carbocycles. The Labute approximate surface area is 179 Å². The predicted molar refractivity (Wildman–Crippen MR) is 118 cm³/mol. The minimum absolute atomic E-state index is 0.0468. The quantitative estimate of drug-likeness (QED) is 0.417. The van der Waals surface area contributed by atoms with Crippen LogP contribution >= 0.6 is 0 Å². The number of carboxylic acid groups (broad SMARTS) is 1. The van der Waals surface area contributed by atoms with E-state index in [1.165, 1.54) is 6.26 Å². The second-order valence-electron chi connectivity index (χ2n) is 7.70. The molecule has 1 aliphatic heterocycles. The number of aromatic hydroxyl groups is 1. The first kappa shape index (κ1) is 21.1. The van der Waals surface area contributed by atoms with Crippen molar-refractivity contribution < 1.29 is 24.0 Å². The highest BCUT2D eigenvalue weighted by Gasteiger charge is 2.24. The number of para-hydroxylation sites is 1. The molecule has 4 N–H and O–H groups in total. The Morgan fingerprint density at radius 3 is 2.74 bits per heavy atom. The van der Waals surface area contributed by atoms with Crippen LogP contribution in [0, 0.1) is 4.78 Å². The van der Waals surface area contributed by atoms with Gasteiger partial charge in [0.05, 0.1) is 24.5 Å². The molecule has 4 rings (SSSR count). The summed E-state index contributed by atoms with van der Waals surface area (Å²) < 4.78 is 24.9. The molecule has 0 saturated carbocycles. The highest BCUT2D eigenvalue weighted by Crippen LogP contribution is 2.32. The number of aromatic amines is 1. The van der Waals surface area contributed by atoms with E-state index >= 15 is 0 Å². The molecular formula is C22H23N3O5S. The maximum atomic E-state index is 11.9. The summed E-state index contributed by atoms with van der Waals surface area (Å²) in [5.41, 5.74) is 4.12. The van der Waals surface area contributed by atoms with Crippen molar-refractivity contribution in [3.63, 3.8) is 0 Å². The van der Waals surface area contributed by atoms with E-state index in [0.29, 0.717) is 41.0 Å². The SMILES string of the molecule is CS(=N)(=O)CCC(N=C(c1ccc2c(c1)COC2)c1c(O)[nH]c2ccccc12)C(=O)O. The van der Waals surface area contributed by atoms with Gasteiger partial charge in [-0.1, -0.05) is 30.3 Å². The van der Waals surface area contributed by atoms with E-state index in [2.05, 4.69) is 9.98 Å². The number of benzene rings is 2. The van der Waals surface area contributed by atoms with Crippen LogP contribution in [0.2, 0.25) is 0 Å². The van der Waals surface area contributed by atoms with Crippen LogP contribution in [0.5, 0.6) is 5.88 Å². The Kier molecular flexibility index (Phi) is 5.55. The highest BCUT2D eigenvalue weighted by molar-refractivity contribution is 7.91. The van der Waals surface area contributed by atoms with Crippen LogP contribution in [0.25, 0.3) is 10.9 Å². The molecule has 0 aliphatic carbocycles. The van der Waals surface area contributed by atoms with Crippen LogP contribution in [0.4, 0.5) is 0 Å². The van der Waals surface area contributed by atoms with Gasteiger partial charge in [-0.25, -0.2) is 4.79 Å². The topological polar surface area (TPSA) is 136 Å². The average molecular weight is 442 g/mol. The average Bonchev–Trinajstić information content (AvgIpc) is 3.30. The van der Waals surface area contributed by atoms with Crippen molar-refractivity contribution in [3.8, 4) is 5.88 Å². The van der Waals surface area contributed by atoms with Gasteiger partial charge < -0.3 is 19.9 Å². The number of aliphatic carboxylic acids is 1. The number of nitrogens with zero attached hydrogens (tertiary/aromatic N) is 1. The minimum atomic E-state index is -2.86. The summed E-state index contributed by atoms with van der Waals surface area (Å²) >= 11 is 0. The van der Waals surface area contributed by atoms with Gasteiger partial charge in [-0.3, -0.25) is 14.0 Å². The second-order valence-corrected chi connectivity index (χ2v) is 10.1. The molecular weight excluding hydrogens is 418 g/mol. The number of aliphatic imine (C=N–C) groups is 1. The van der Waals surface area contributed by atoms with Gasteiger partial charge in [-0.15, -0.1) is 0 Å². The Balaban J connectivity index is 1.89. The van der Waals surface area contributed by atoms with Crippen LogP contribution in [0.15, 0.2) is 47.5 Å². The molecule has 3 aromatic rings. The molecule has 0 radical (unpaired) electrons. The zero-order chi connectivity index (χ0) is 22.2. The van der Waals surface area contributed by atoms with Gasteiger partial charge in [0.15, 0.2) is 5.88 Å². The van der Waals surface area contributed by atoms with Gasteiger partial charge in [0.25, 0.3) is 0 Å². The van der Waals surface area contributed by atoms with Crippen molar-refractivity contribution in [2.24, 2.45) is 4.99 Å². The van der Waals surface area contributed by atoms with E-state index in [1.807, 2.05) is 42.5 Å². The highest BCUT2D eigenvalue weighted by atomic mass is 32.2. The number of aromatic nitrogens is 1. The van der Waals surface area contributed by atoms with Crippen molar-refractivity contribution in [2.45, 2.75) is 25.7 Å². The summed E-state index contributed by atoms with van der Waals surface area (Å²) in [5.74, 6) is -1.37. The van der Waals surface area contributed by atoms with E-state index in [4.69, 9.17) is 9.52 Å². The van der Waals surface area contributed by atoms with Crippen molar-refractivity contribution in [2.75, 3.05) is 12.0 Å². The fourth-order valence-electron chi connectivity index (χ4n) is 3.71. The molecule has 0 bridgehead atoms. The lowest BCUT2D eigenvalue weighted by Gasteiger charge is -2.14. The lowest BCUT2D eigenvalue weighted by atomic mass is 9.97. The maximum absolute atomic E-state index is 11.9. The monoisotopic (exact) mass is 441 g/mol. The Morgan fingerprint density at radius 2 is 2.00 bits per heavy atom. The van der Waals surface area contributed by atoms with E-state index in [-0.39, 0.29) is 18.1 Å². The van der Waals surface area contributed by atoms with Gasteiger partial charge in [0, 0.05) is 38.2 Å². The molecule has 2 heterocycles. The number of rotatable bonds is 7. The number of ether oxygens (including phenoxy) is 1. The molecule has 162 valence electrons. The van der Waals surface area contributed by atoms with Crippen LogP contribution < -0.4 is 0 Å². The number of hydrogen-bond acceptors (Lipinski definition) is 6. The zero-order valence-corrected chi connectivity index (χ0v) is 17.7. The van der Waals surface area contributed by atoms with E-state index < -0.39 is 21.7 Å². The molecule has 0 fully saturated rings. The van der Waals surface area contributed by atoms with Gasteiger partial charge >= 0.3 is 5.97 Å². The summed E-state index contributed by atoms with van der Waals surface area (Å²) in [4.78, 5) is 19.4. The summed E-state index contributed by atoms with van der Waals surface area (Å²) in [6, 6.07) is 11.7. The molecule has 2 unspecified atom stereocenters. The number of carboxylic acids is 1. The predicted octanol–water partition coefficient (Wildman–Crippen LogP) is 3.26. The van der Waals surface area contributed by atoms with E-state index in [0.717, 1.165) is 11.1 Å². The lowest BCUT2D eigenvalue weighted by Crippen LogP contribution is -2.23. The molecule has 0 spiro atoms. The Bertz CT molecular complexity index is 1290. The molecule has 2 atom stereocenters. The van der Waals surface area contributed by atoms with E-state index in [1.54, 1.807) is 0 Å². The van der Waals surface area contributed by atoms with Crippen molar-refractivity contribution >= 4 is 32.3 Å². The lowest BCUT2D eigenvalue weighted by molar-refractivity contribution is -0.138. The molecule has 1 aliphatic rings. The molecule has 31 heavy (non-hydrogen) atoms. The minimum Gasteiger partial charge on any atom is -0.494 e. The first-order valence-corrected chi connectivity index (χ1v) is 11.9. The number of fused-ring (bicyclic) bond motifs is 2. The van der Waals surface area contributed by atoms with Crippen molar-refractivity contribution in [1.82, 2.24) is 4.98 Å². The first-order valence-electron chi connectivity index (χ1n) is 9.75. The fraction of sp³-hybridized carbons (Fsp3) is 0.273. The maximum Gasteiger partial charge on any atom is 0.328 e. The second kappa shape index (κ2) is 8.16. The molecule has 1 aromatic heterocycles. The third-order valence-electron chi connectivity index (χ3n) is 5.27. The molecule has 0 amide bonds. The van der Waals surface area contributed by atoms with E-state index in [9.17, 15) is 19.2 Å². The summed E-state index contributed by atoms with van der Waals surface area (Å²) in [6.45, 7) is 0.974. The summed E-state index contributed by atoms with van der Waals surface area (Å²) in [5, 5.41) is 21.1. The van der Waals surface area contributed by atoms with Crippen LogP contribution in [0.3, 0.4) is 0 Å². The fourth-order valence-corrected chi connectivity index (χ4v) is 4.38. The standard InChI is InChI=1S/C22H23N3O5S/c1-31(23,29)9-8-18(22(27)28)24-20(13-6-7-14-11-30-12-15(14)10-13)19-16-4-2-3-5-17(16)25-21(19)26/h2-7,10,18,23,25-26H,8-9,11-12H2,1H3,(H,27,28). The van der Waals surface area contributed by atoms with Crippen LogP contribution in [0.1, 0.15) is 28.7 Å². The smallest absolute Gasteiger partial charge is 0.328 e. The Hall–Kier alpha value is -3.17. The molecule has 0 saturated heterocycles. The molecule has 8 nitrogen and oxygen atoms in total. The van der Waals surface area contributed by atoms with Crippen molar-refractivity contribution in [1.29, 1.82) is 4.78 Å². The zero-order valence-electron chi connectivity index (χ0n) is 16.9. The Morgan fingerprint density at radius 1 is 1.26 bits per heavy atom. The van der Waals surface area contributed by atoms with Crippen LogP contribution in [-0.2, 0) is 32.5 Å². The number of carbonyl (C=O) groups is 1. The first-order chi connectivity index (χ1) is 14.7. The third kappa shape index (κ3) is 4.47. The normalized spacial score (nSPS) is 16.7. The largest absolute Gasteiger partial charge is 0.494 e. The van der Waals surface area contributed by atoms with Gasteiger partial charge in [-0.2, -0.15) is 0 Å².